The summed E-state index contributed by atoms with van der Waals surface area (Å²) in [4.78, 5) is 38.7. The van der Waals surface area contributed by atoms with Crippen molar-refractivity contribution in [3.05, 3.63) is 35.6 Å². The third-order valence-electron chi connectivity index (χ3n) is 5.15. The molecule has 1 aliphatic rings. The van der Waals surface area contributed by atoms with Crippen molar-refractivity contribution in [2.45, 2.75) is 52.6 Å². The van der Waals surface area contributed by atoms with Gasteiger partial charge in [0.15, 0.2) is 5.78 Å². The molecule has 30 heavy (non-hydrogen) atoms. The lowest BCUT2D eigenvalue weighted by molar-refractivity contribution is -0.173. The summed E-state index contributed by atoms with van der Waals surface area (Å²) in [7, 11) is 0. The van der Waals surface area contributed by atoms with Crippen LogP contribution in [0.15, 0.2) is 24.3 Å². The third kappa shape index (κ3) is 5.65. The van der Waals surface area contributed by atoms with Crippen molar-refractivity contribution in [1.82, 2.24) is 0 Å². The van der Waals surface area contributed by atoms with Crippen LogP contribution in [0.2, 0.25) is 0 Å². The lowest BCUT2D eigenvalue weighted by atomic mass is 9.61. The Hall–Kier alpha value is -2.28. The Morgan fingerprint density at radius 2 is 1.57 bits per heavy atom. The van der Waals surface area contributed by atoms with Crippen LogP contribution in [0.4, 0.5) is 4.39 Å². The Morgan fingerprint density at radius 3 is 2.07 bits per heavy atom. The highest BCUT2D eigenvalue weighted by atomic mass is 19.1. The van der Waals surface area contributed by atoms with Gasteiger partial charge in [-0.3, -0.25) is 14.4 Å². The van der Waals surface area contributed by atoms with Gasteiger partial charge in [0, 0.05) is 12.3 Å². The lowest BCUT2D eigenvalue weighted by Crippen LogP contribution is -2.55. The molecule has 1 aromatic rings. The lowest BCUT2D eigenvalue weighted by Gasteiger charge is -2.43. The summed E-state index contributed by atoms with van der Waals surface area (Å²) in [6.45, 7) is 9.13. The second-order valence-corrected chi connectivity index (χ2v) is 9.08. The molecule has 0 aromatic heterocycles. The van der Waals surface area contributed by atoms with Crippen LogP contribution in [0.3, 0.4) is 0 Å². The molecule has 0 spiro atoms. The number of halogens is 1. The van der Waals surface area contributed by atoms with Crippen molar-refractivity contribution in [2.24, 2.45) is 23.7 Å². The Kier molecular flexibility index (Phi) is 7.75. The standard InChI is InChI=1S/C23H31FO6/c1-13(2)11-29-21(26)19-17(25)10-23(5,28)20(22(27)30-12-14(3)4)18(19)15-6-8-16(24)9-7-15/h6-9,13-14,18-20,28H,10-12H2,1-5H3/t18-,19+,20+,23+/m1/s1. The predicted octanol–water partition coefficient (Wildman–Crippen LogP) is 3.26. The van der Waals surface area contributed by atoms with Gasteiger partial charge in [0.05, 0.1) is 24.7 Å². The van der Waals surface area contributed by atoms with Crippen LogP contribution in [-0.4, -0.2) is 41.6 Å². The fourth-order valence-corrected chi connectivity index (χ4v) is 3.78. The van der Waals surface area contributed by atoms with E-state index in [2.05, 4.69) is 0 Å². The van der Waals surface area contributed by atoms with E-state index in [1.807, 2.05) is 27.7 Å². The number of aliphatic hydroxyl groups is 1. The molecule has 1 aliphatic carbocycles. The van der Waals surface area contributed by atoms with Gasteiger partial charge in [-0.15, -0.1) is 0 Å². The highest BCUT2D eigenvalue weighted by molar-refractivity contribution is 6.02. The Balaban J connectivity index is 2.51. The molecule has 4 atom stereocenters. The number of hydrogen-bond donors (Lipinski definition) is 1. The van der Waals surface area contributed by atoms with Crippen LogP contribution in [0.5, 0.6) is 0 Å². The fourth-order valence-electron chi connectivity index (χ4n) is 3.78. The van der Waals surface area contributed by atoms with Gasteiger partial charge in [0.25, 0.3) is 0 Å². The molecule has 0 radical (unpaired) electrons. The van der Waals surface area contributed by atoms with Gasteiger partial charge in [-0.05, 0) is 36.5 Å². The SMILES string of the molecule is CC(C)COC(=O)[C@H]1C(=O)C[C@](C)(O)[C@H](C(=O)OCC(C)C)[C@@H]1c1ccc(F)cc1. The summed E-state index contributed by atoms with van der Waals surface area (Å²) in [5.41, 5.74) is -1.33. The van der Waals surface area contributed by atoms with Gasteiger partial charge in [-0.25, -0.2) is 4.39 Å². The Morgan fingerprint density at radius 1 is 1.07 bits per heavy atom. The second kappa shape index (κ2) is 9.69. The minimum absolute atomic E-state index is 0.0619. The average molecular weight is 422 g/mol. The second-order valence-electron chi connectivity index (χ2n) is 9.08. The molecule has 0 heterocycles. The van der Waals surface area contributed by atoms with E-state index in [1.54, 1.807) is 0 Å². The van der Waals surface area contributed by atoms with Crippen LogP contribution < -0.4 is 0 Å². The smallest absolute Gasteiger partial charge is 0.317 e. The number of Topliss-reactive ketones (excluding diaryl/α,β-unsaturated/α-hetero) is 1. The molecular weight excluding hydrogens is 391 g/mol. The van der Waals surface area contributed by atoms with Gasteiger partial charge >= 0.3 is 11.9 Å². The number of ether oxygens (including phenoxy) is 2. The number of carbonyl (C=O) groups excluding carboxylic acids is 3. The zero-order valence-corrected chi connectivity index (χ0v) is 18.2. The number of hydrogen-bond acceptors (Lipinski definition) is 6. The molecule has 7 heteroatoms. The van der Waals surface area contributed by atoms with Gasteiger partial charge in [-0.2, -0.15) is 0 Å². The van der Waals surface area contributed by atoms with E-state index in [9.17, 15) is 23.9 Å². The first-order valence-electron chi connectivity index (χ1n) is 10.3. The third-order valence-corrected chi connectivity index (χ3v) is 5.15. The van der Waals surface area contributed by atoms with Crippen molar-refractivity contribution >= 4 is 17.7 Å². The summed E-state index contributed by atoms with van der Waals surface area (Å²) >= 11 is 0. The first kappa shape index (κ1) is 24.0. The van der Waals surface area contributed by atoms with Gasteiger partial charge in [-0.1, -0.05) is 39.8 Å². The van der Waals surface area contributed by atoms with Crippen LogP contribution in [0.1, 0.15) is 52.5 Å². The van der Waals surface area contributed by atoms with E-state index in [1.165, 1.54) is 31.2 Å². The Labute approximate surface area is 176 Å². The van der Waals surface area contributed by atoms with E-state index in [0.29, 0.717) is 5.56 Å². The first-order chi connectivity index (χ1) is 13.9. The maximum atomic E-state index is 13.5. The first-order valence-corrected chi connectivity index (χ1v) is 10.3. The molecule has 6 nitrogen and oxygen atoms in total. The number of ketones is 1. The predicted molar refractivity (Wildman–Crippen MR) is 108 cm³/mol. The minimum Gasteiger partial charge on any atom is -0.465 e. The van der Waals surface area contributed by atoms with E-state index in [4.69, 9.17) is 9.47 Å². The number of carbonyl (C=O) groups is 3. The molecule has 1 N–H and O–H groups in total. The van der Waals surface area contributed by atoms with E-state index >= 15 is 0 Å². The van der Waals surface area contributed by atoms with E-state index in [-0.39, 0.29) is 31.5 Å². The quantitative estimate of drug-likeness (QED) is 0.536. The molecular formula is C23H31FO6. The van der Waals surface area contributed by atoms with Crippen molar-refractivity contribution in [1.29, 1.82) is 0 Å². The summed E-state index contributed by atoms with van der Waals surface area (Å²) in [5, 5.41) is 11.0. The number of benzene rings is 1. The topological polar surface area (TPSA) is 89.9 Å². The van der Waals surface area contributed by atoms with Gasteiger partial charge in [0.1, 0.15) is 11.7 Å². The maximum absolute atomic E-state index is 13.5. The molecule has 0 aliphatic heterocycles. The summed E-state index contributed by atoms with van der Waals surface area (Å²) in [5.74, 6) is -5.82. The monoisotopic (exact) mass is 422 g/mol. The zero-order chi connectivity index (χ0) is 22.6. The van der Waals surface area contributed by atoms with Crippen molar-refractivity contribution < 1.29 is 33.4 Å². The van der Waals surface area contributed by atoms with Crippen molar-refractivity contribution in [2.75, 3.05) is 13.2 Å². The summed E-state index contributed by atoms with van der Waals surface area (Å²) in [6, 6.07) is 5.21. The van der Waals surface area contributed by atoms with Crippen LogP contribution in [0, 0.1) is 29.5 Å². The normalized spacial score (nSPS) is 26.7. The fraction of sp³-hybridized carbons (Fsp3) is 0.609. The van der Waals surface area contributed by atoms with Crippen molar-refractivity contribution in [3.8, 4) is 0 Å². The molecule has 0 saturated heterocycles. The van der Waals surface area contributed by atoms with Crippen molar-refractivity contribution in [3.63, 3.8) is 0 Å². The molecule has 0 bridgehead atoms. The van der Waals surface area contributed by atoms with Crippen LogP contribution in [0.25, 0.3) is 0 Å². The highest BCUT2D eigenvalue weighted by Crippen LogP contribution is 2.46. The summed E-state index contributed by atoms with van der Waals surface area (Å²) < 4.78 is 24.2. The average Bonchev–Trinajstić information content (AvgIpc) is 2.63. The molecule has 1 saturated carbocycles. The van der Waals surface area contributed by atoms with E-state index in [0.717, 1.165) is 0 Å². The highest BCUT2D eigenvalue weighted by Gasteiger charge is 2.57. The number of esters is 2. The van der Waals surface area contributed by atoms with Gasteiger partial charge in [0.2, 0.25) is 0 Å². The van der Waals surface area contributed by atoms with Gasteiger partial charge < -0.3 is 14.6 Å². The van der Waals surface area contributed by atoms with Crippen LogP contribution >= 0.6 is 0 Å². The molecule has 1 fully saturated rings. The molecule has 0 unspecified atom stereocenters. The van der Waals surface area contributed by atoms with Crippen LogP contribution in [-0.2, 0) is 23.9 Å². The Bertz CT molecular complexity index is 768. The molecule has 166 valence electrons. The molecule has 1 aromatic carbocycles. The summed E-state index contributed by atoms with van der Waals surface area (Å²) in [6.07, 6.45) is -0.381. The van der Waals surface area contributed by atoms with E-state index < -0.39 is 46.9 Å². The number of rotatable bonds is 7. The maximum Gasteiger partial charge on any atom is 0.317 e. The molecule has 0 amide bonds. The minimum atomic E-state index is -1.72. The largest absolute Gasteiger partial charge is 0.465 e. The molecule has 2 rings (SSSR count). The zero-order valence-electron chi connectivity index (χ0n) is 18.2.